The molecule has 3 rings (SSSR count). The summed E-state index contributed by atoms with van der Waals surface area (Å²) in [6.45, 7) is 1.30. The highest BCUT2D eigenvalue weighted by molar-refractivity contribution is 7.21. The third-order valence-electron chi connectivity index (χ3n) is 3.65. The van der Waals surface area contributed by atoms with Crippen LogP contribution in [0.5, 0.6) is 0 Å². The third-order valence-corrected chi connectivity index (χ3v) is 5.28. The van der Waals surface area contributed by atoms with E-state index in [1.807, 2.05) is 0 Å². The first kappa shape index (κ1) is 18.8. The molecule has 0 aliphatic heterocycles. The second-order valence-electron chi connectivity index (χ2n) is 5.55. The molecule has 0 radical (unpaired) electrons. The number of nitro groups is 1. The summed E-state index contributed by atoms with van der Waals surface area (Å²) in [6, 6.07) is 6.26. The number of ether oxygens (including phenoxy) is 1. The van der Waals surface area contributed by atoms with Gasteiger partial charge in [0.05, 0.1) is 23.9 Å². The van der Waals surface area contributed by atoms with Crippen LogP contribution in [0.15, 0.2) is 24.3 Å². The Hall–Kier alpha value is -2.98. The molecule has 0 saturated carbocycles. The molecule has 0 atom stereocenters. The van der Waals surface area contributed by atoms with Crippen molar-refractivity contribution in [2.24, 2.45) is 0 Å². The zero-order valence-corrected chi connectivity index (χ0v) is 15.8. The van der Waals surface area contributed by atoms with Gasteiger partial charge in [-0.25, -0.2) is 4.79 Å². The maximum absolute atomic E-state index is 12.2. The van der Waals surface area contributed by atoms with Crippen molar-refractivity contribution in [1.82, 2.24) is 9.78 Å². The summed E-state index contributed by atoms with van der Waals surface area (Å²) in [5, 5.41) is 18.6. The lowest BCUT2D eigenvalue weighted by atomic mass is 10.2. The van der Waals surface area contributed by atoms with E-state index in [4.69, 9.17) is 16.3 Å². The van der Waals surface area contributed by atoms with E-state index >= 15 is 0 Å². The fourth-order valence-electron chi connectivity index (χ4n) is 2.50. The highest BCUT2D eigenvalue weighted by Gasteiger charge is 2.21. The predicted molar refractivity (Wildman–Crippen MR) is 100 cm³/mol. The van der Waals surface area contributed by atoms with Crippen LogP contribution in [-0.4, -0.2) is 33.7 Å². The number of fused-ring (bicyclic) bond motifs is 1. The normalized spacial score (nSPS) is 10.8. The van der Waals surface area contributed by atoms with Crippen molar-refractivity contribution in [1.29, 1.82) is 0 Å². The molecule has 0 spiro atoms. The van der Waals surface area contributed by atoms with E-state index in [1.54, 1.807) is 25.1 Å². The Morgan fingerprint density at radius 3 is 2.81 bits per heavy atom. The van der Waals surface area contributed by atoms with Crippen molar-refractivity contribution in [3.8, 4) is 0 Å². The predicted octanol–water partition coefficient (Wildman–Crippen LogP) is 3.39. The number of nitrogens with one attached hydrogen (secondary N) is 1. The van der Waals surface area contributed by atoms with E-state index in [0.717, 1.165) is 16.0 Å². The number of hydrogen-bond donors (Lipinski definition) is 1. The summed E-state index contributed by atoms with van der Waals surface area (Å²) in [5.41, 5.74) is 0.910. The summed E-state index contributed by atoms with van der Waals surface area (Å²) >= 11 is 7.34. The number of esters is 1. The summed E-state index contributed by atoms with van der Waals surface area (Å²) in [4.78, 5) is 34.6. The van der Waals surface area contributed by atoms with Crippen LogP contribution in [0, 0.1) is 17.0 Å². The summed E-state index contributed by atoms with van der Waals surface area (Å²) in [6.07, 6.45) is 0. The molecule has 1 aromatic carbocycles. The van der Waals surface area contributed by atoms with E-state index in [2.05, 4.69) is 10.4 Å². The van der Waals surface area contributed by atoms with Crippen LogP contribution in [0.25, 0.3) is 10.1 Å². The van der Waals surface area contributed by atoms with Crippen LogP contribution in [0.2, 0.25) is 5.02 Å². The van der Waals surface area contributed by atoms with Crippen LogP contribution in [0.4, 0.5) is 11.5 Å². The van der Waals surface area contributed by atoms with Crippen LogP contribution in [-0.2, 0) is 16.1 Å². The quantitative estimate of drug-likeness (QED) is 0.393. The highest BCUT2D eigenvalue weighted by Crippen LogP contribution is 2.37. The minimum atomic E-state index is -0.596. The van der Waals surface area contributed by atoms with Gasteiger partial charge in [0.15, 0.2) is 6.54 Å². The van der Waals surface area contributed by atoms with Gasteiger partial charge in [-0.05, 0) is 30.0 Å². The number of hydrogen-bond acceptors (Lipinski definition) is 7. The number of benzene rings is 1. The van der Waals surface area contributed by atoms with Crippen LogP contribution in [0.3, 0.4) is 0 Å². The van der Waals surface area contributed by atoms with Crippen LogP contribution >= 0.6 is 22.9 Å². The Morgan fingerprint density at radius 2 is 2.15 bits per heavy atom. The number of rotatable bonds is 5. The molecule has 0 saturated heterocycles. The van der Waals surface area contributed by atoms with E-state index in [-0.39, 0.29) is 17.2 Å². The molecule has 0 aliphatic rings. The monoisotopic (exact) mass is 408 g/mol. The lowest BCUT2D eigenvalue weighted by molar-refractivity contribution is -0.392. The zero-order chi connectivity index (χ0) is 19.7. The minimum Gasteiger partial charge on any atom is -0.465 e. The van der Waals surface area contributed by atoms with Gasteiger partial charge in [-0.1, -0.05) is 16.7 Å². The first-order valence-electron chi connectivity index (χ1n) is 7.59. The second-order valence-corrected chi connectivity index (χ2v) is 6.98. The highest BCUT2D eigenvalue weighted by atomic mass is 35.5. The molecule has 0 bridgehead atoms. The molecule has 3 aromatic rings. The molecule has 0 fully saturated rings. The van der Waals surface area contributed by atoms with Crippen molar-refractivity contribution >= 4 is 56.4 Å². The number of carbonyl (C=O) groups is 2. The molecule has 9 nitrogen and oxygen atoms in total. The summed E-state index contributed by atoms with van der Waals surface area (Å²) in [5.74, 6) is -1.27. The Kier molecular flexibility index (Phi) is 5.10. The standard InChI is InChI=1S/C16H13ClN4O5S/c1-8-5-13(21(24)25)20(19-8)7-12(22)18-9-3-4-10-11(6-9)27-15(14(10)17)16(23)26-2/h3-6H,7H2,1-2H3,(H,18,22). The third kappa shape index (κ3) is 3.76. The minimum absolute atomic E-state index is 0.258. The first-order chi connectivity index (χ1) is 12.8. The largest absolute Gasteiger partial charge is 0.465 e. The number of nitrogens with zero attached hydrogens (tertiary/aromatic N) is 3. The maximum atomic E-state index is 12.2. The maximum Gasteiger partial charge on any atom is 0.349 e. The number of carbonyl (C=O) groups excluding carboxylic acids is 2. The van der Waals surface area contributed by atoms with Gasteiger partial charge in [-0.2, -0.15) is 0 Å². The number of halogens is 1. The van der Waals surface area contributed by atoms with Gasteiger partial charge in [0.25, 0.3) is 5.91 Å². The zero-order valence-electron chi connectivity index (χ0n) is 14.2. The molecule has 2 heterocycles. The average Bonchev–Trinajstić information content (AvgIpc) is 3.14. The summed E-state index contributed by atoms with van der Waals surface area (Å²) < 4.78 is 6.41. The van der Waals surface area contributed by atoms with Crippen molar-refractivity contribution in [3.05, 3.63) is 50.0 Å². The SMILES string of the molecule is COC(=O)c1sc2cc(NC(=O)Cn3nc(C)cc3[N+](=O)[O-])ccc2c1Cl. The average molecular weight is 409 g/mol. The van der Waals surface area contributed by atoms with Crippen molar-refractivity contribution in [2.75, 3.05) is 12.4 Å². The molecule has 1 N–H and O–H groups in total. The van der Waals surface area contributed by atoms with Crippen LogP contribution in [0.1, 0.15) is 15.4 Å². The van der Waals surface area contributed by atoms with Gasteiger partial charge >= 0.3 is 11.8 Å². The number of aryl methyl sites for hydroxylation is 1. The molecule has 0 aliphatic carbocycles. The first-order valence-corrected chi connectivity index (χ1v) is 8.78. The molecule has 1 amide bonds. The Bertz CT molecular complexity index is 1070. The van der Waals surface area contributed by atoms with Crippen molar-refractivity contribution in [2.45, 2.75) is 13.5 Å². The fraction of sp³-hybridized carbons (Fsp3) is 0.188. The number of anilines is 1. The number of thiophene rings is 1. The molecule has 140 valence electrons. The van der Waals surface area contributed by atoms with Crippen molar-refractivity contribution < 1.29 is 19.2 Å². The van der Waals surface area contributed by atoms with E-state index in [0.29, 0.717) is 26.5 Å². The molecule has 27 heavy (non-hydrogen) atoms. The summed E-state index contributed by atoms with van der Waals surface area (Å²) in [7, 11) is 1.27. The number of amides is 1. The van der Waals surface area contributed by atoms with E-state index in [9.17, 15) is 19.7 Å². The Morgan fingerprint density at radius 1 is 1.41 bits per heavy atom. The molecule has 11 heteroatoms. The topological polar surface area (TPSA) is 116 Å². The van der Waals surface area contributed by atoms with E-state index in [1.165, 1.54) is 13.2 Å². The van der Waals surface area contributed by atoms with Gasteiger partial charge in [-0.15, -0.1) is 16.0 Å². The van der Waals surface area contributed by atoms with Crippen LogP contribution < -0.4 is 5.32 Å². The fourth-order valence-corrected chi connectivity index (χ4v) is 3.96. The smallest absolute Gasteiger partial charge is 0.349 e. The van der Waals surface area contributed by atoms with E-state index < -0.39 is 16.8 Å². The lowest BCUT2D eigenvalue weighted by Gasteiger charge is -2.04. The molecular formula is C16H13ClN4O5S. The number of methoxy groups -OCH3 is 1. The molecule has 0 unspecified atom stereocenters. The second kappa shape index (κ2) is 7.33. The van der Waals surface area contributed by atoms with Gasteiger partial charge < -0.3 is 20.2 Å². The Balaban J connectivity index is 1.81. The molecular weight excluding hydrogens is 396 g/mol. The Labute approximate surface area is 161 Å². The lowest BCUT2D eigenvalue weighted by Crippen LogP contribution is -2.20. The van der Waals surface area contributed by atoms with Gasteiger partial charge in [0, 0.05) is 15.8 Å². The molecule has 2 aromatic heterocycles. The van der Waals surface area contributed by atoms with Crippen molar-refractivity contribution in [3.63, 3.8) is 0 Å². The van der Waals surface area contributed by atoms with Gasteiger partial charge in [0.2, 0.25) is 0 Å². The van der Waals surface area contributed by atoms with Gasteiger partial charge in [0.1, 0.15) is 4.88 Å². The van der Waals surface area contributed by atoms with Gasteiger partial charge in [-0.3, -0.25) is 4.79 Å². The number of aromatic nitrogens is 2.